The second-order valence-electron chi connectivity index (χ2n) is 6.08. The average molecular weight is 351 g/mol. The largest absolute Gasteiger partial charge is 0.379 e. The first-order chi connectivity index (χ1) is 12.1. The molecule has 6 nitrogen and oxygen atoms in total. The summed E-state index contributed by atoms with van der Waals surface area (Å²) in [4.78, 5) is 27.6. The molecule has 1 aliphatic rings. The fourth-order valence-electron chi connectivity index (χ4n) is 2.67. The normalized spacial score (nSPS) is 15.0. The smallest absolute Gasteiger partial charge is 0.222 e. The van der Waals surface area contributed by atoms with E-state index < -0.39 is 0 Å². The zero-order valence-electron chi connectivity index (χ0n) is 14.7. The minimum atomic E-state index is -0.335. The molecule has 1 N–H and O–H groups in total. The second-order valence-corrected chi connectivity index (χ2v) is 6.08. The summed E-state index contributed by atoms with van der Waals surface area (Å²) in [5.74, 6) is -0.574. The highest BCUT2D eigenvalue weighted by molar-refractivity contribution is 5.78. The lowest BCUT2D eigenvalue weighted by Gasteiger charge is -2.29. The Morgan fingerprint density at radius 2 is 1.96 bits per heavy atom. The Morgan fingerprint density at radius 1 is 1.24 bits per heavy atom. The summed E-state index contributed by atoms with van der Waals surface area (Å²) in [7, 11) is 0. The molecule has 0 aromatic heterocycles. The number of nitrogens with zero attached hydrogens (tertiary/aromatic N) is 2. The first-order valence-corrected chi connectivity index (χ1v) is 8.62. The molecule has 0 saturated carbocycles. The van der Waals surface area contributed by atoms with Gasteiger partial charge in [-0.15, -0.1) is 0 Å². The maximum Gasteiger partial charge on any atom is 0.222 e. The lowest BCUT2D eigenvalue weighted by Crippen LogP contribution is -2.43. The predicted octanol–water partition coefficient (Wildman–Crippen LogP) is 1.01. The maximum absolute atomic E-state index is 13.5. The van der Waals surface area contributed by atoms with E-state index in [-0.39, 0.29) is 30.6 Å². The van der Waals surface area contributed by atoms with Gasteiger partial charge in [0.1, 0.15) is 5.82 Å². The summed E-state index contributed by atoms with van der Waals surface area (Å²) in [6, 6.07) is 6.35. The molecular weight excluding hydrogens is 325 g/mol. The van der Waals surface area contributed by atoms with Crippen molar-refractivity contribution in [3.63, 3.8) is 0 Å². The van der Waals surface area contributed by atoms with Gasteiger partial charge in [0.15, 0.2) is 0 Å². The van der Waals surface area contributed by atoms with E-state index in [4.69, 9.17) is 4.74 Å². The van der Waals surface area contributed by atoms with Crippen LogP contribution in [0.15, 0.2) is 24.3 Å². The fourth-order valence-corrected chi connectivity index (χ4v) is 2.67. The van der Waals surface area contributed by atoms with E-state index in [2.05, 4.69) is 10.2 Å². The van der Waals surface area contributed by atoms with Gasteiger partial charge in [0.05, 0.1) is 13.2 Å². The highest BCUT2D eigenvalue weighted by Crippen LogP contribution is 2.05. The van der Waals surface area contributed by atoms with Gasteiger partial charge < -0.3 is 15.0 Å². The van der Waals surface area contributed by atoms with Gasteiger partial charge in [0.25, 0.3) is 0 Å². The number of benzene rings is 1. The quantitative estimate of drug-likeness (QED) is 0.759. The number of morpholine rings is 1. The number of carbonyl (C=O) groups is 2. The van der Waals surface area contributed by atoms with Gasteiger partial charge >= 0.3 is 0 Å². The third kappa shape index (κ3) is 6.80. The standard InChI is InChI=1S/C18H26FN3O3/c1-15(23)22(9-8-21-10-12-25-13-11-21)7-6-18(24)20-14-16-4-2-3-5-17(16)19/h2-5H,6-14H2,1H3,(H,20,24). The van der Waals surface area contributed by atoms with Crippen molar-refractivity contribution in [3.05, 3.63) is 35.6 Å². The summed E-state index contributed by atoms with van der Waals surface area (Å²) in [6.45, 7) is 6.58. The van der Waals surface area contributed by atoms with Gasteiger partial charge in [-0.2, -0.15) is 0 Å². The number of hydrogen-bond donors (Lipinski definition) is 1. The van der Waals surface area contributed by atoms with Crippen LogP contribution in [0.2, 0.25) is 0 Å². The summed E-state index contributed by atoms with van der Waals surface area (Å²) < 4.78 is 18.8. The SMILES string of the molecule is CC(=O)N(CCC(=O)NCc1ccccc1F)CCN1CCOCC1. The van der Waals surface area contributed by atoms with Crippen LogP contribution in [0.3, 0.4) is 0 Å². The van der Waals surface area contributed by atoms with Crippen LogP contribution in [0.25, 0.3) is 0 Å². The van der Waals surface area contributed by atoms with E-state index in [0.29, 0.717) is 18.7 Å². The Hall–Kier alpha value is -1.99. The Balaban J connectivity index is 1.71. The molecule has 2 rings (SSSR count). The minimum absolute atomic E-state index is 0.0461. The van der Waals surface area contributed by atoms with Crippen molar-refractivity contribution in [2.24, 2.45) is 0 Å². The van der Waals surface area contributed by atoms with Gasteiger partial charge in [0.2, 0.25) is 11.8 Å². The van der Waals surface area contributed by atoms with Crippen LogP contribution in [0, 0.1) is 5.82 Å². The predicted molar refractivity (Wildman–Crippen MR) is 92.4 cm³/mol. The van der Waals surface area contributed by atoms with E-state index >= 15 is 0 Å². The van der Waals surface area contributed by atoms with E-state index in [1.165, 1.54) is 13.0 Å². The molecule has 0 spiro atoms. The topological polar surface area (TPSA) is 61.9 Å². The number of rotatable bonds is 8. The molecule has 0 unspecified atom stereocenters. The second kappa shape index (κ2) is 10.1. The molecule has 0 radical (unpaired) electrons. The zero-order chi connectivity index (χ0) is 18.1. The van der Waals surface area contributed by atoms with Crippen molar-refractivity contribution in [1.29, 1.82) is 0 Å². The Bertz CT molecular complexity index is 576. The van der Waals surface area contributed by atoms with Crippen molar-refractivity contribution in [2.45, 2.75) is 19.9 Å². The Kier molecular flexibility index (Phi) is 7.81. The van der Waals surface area contributed by atoms with Gasteiger partial charge in [-0.25, -0.2) is 4.39 Å². The van der Waals surface area contributed by atoms with E-state index in [9.17, 15) is 14.0 Å². The van der Waals surface area contributed by atoms with Crippen LogP contribution in [0.5, 0.6) is 0 Å². The highest BCUT2D eigenvalue weighted by atomic mass is 19.1. The molecule has 1 fully saturated rings. The van der Waals surface area contributed by atoms with Crippen LogP contribution in [-0.2, 0) is 20.9 Å². The van der Waals surface area contributed by atoms with Crippen LogP contribution in [0.1, 0.15) is 18.9 Å². The summed E-state index contributed by atoms with van der Waals surface area (Å²) in [6.07, 6.45) is 0.205. The molecule has 25 heavy (non-hydrogen) atoms. The fraction of sp³-hybridized carbons (Fsp3) is 0.556. The molecular formula is C18H26FN3O3. The van der Waals surface area contributed by atoms with Crippen molar-refractivity contribution >= 4 is 11.8 Å². The van der Waals surface area contributed by atoms with Crippen molar-refractivity contribution < 1.29 is 18.7 Å². The third-order valence-corrected chi connectivity index (χ3v) is 4.28. The van der Waals surface area contributed by atoms with Gasteiger partial charge in [-0.05, 0) is 6.07 Å². The lowest BCUT2D eigenvalue weighted by atomic mass is 10.2. The molecule has 1 saturated heterocycles. The summed E-state index contributed by atoms with van der Waals surface area (Å²) in [5, 5.41) is 2.70. The van der Waals surface area contributed by atoms with Gasteiger partial charge in [-0.3, -0.25) is 14.5 Å². The van der Waals surface area contributed by atoms with E-state index in [0.717, 1.165) is 32.8 Å². The van der Waals surface area contributed by atoms with Crippen molar-refractivity contribution in [1.82, 2.24) is 15.1 Å². The number of halogens is 1. The number of ether oxygens (including phenoxy) is 1. The van der Waals surface area contributed by atoms with Crippen molar-refractivity contribution in [3.8, 4) is 0 Å². The molecule has 0 aliphatic carbocycles. The molecule has 1 aliphatic heterocycles. The molecule has 2 amide bonds. The van der Waals surface area contributed by atoms with Crippen LogP contribution >= 0.6 is 0 Å². The number of hydrogen-bond acceptors (Lipinski definition) is 4. The Morgan fingerprint density at radius 3 is 2.64 bits per heavy atom. The minimum Gasteiger partial charge on any atom is -0.379 e. The molecule has 0 bridgehead atoms. The molecule has 138 valence electrons. The van der Waals surface area contributed by atoms with E-state index in [1.807, 2.05) is 0 Å². The van der Waals surface area contributed by atoms with E-state index in [1.54, 1.807) is 23.1 Å². The first-order valence-electron chi connectivity index (χ1n) is 8.62. The maximum atomic E-state index is 13.5. The highest BCUT2D eigenvalue weighted by Gasteiger charge is 2.15. The molecule has 0 atom stereocenters. The molecule has 7 heteroatoms. The average Bonchev–Trinajstić information content (AvgIpc) is 2.61. The van der Waals surface area contributed by atoms with Crippen LogP contribution in [0.4, 0.5) is 4.39 Å². The third-order valence-electron chi connectivity index (χ3n) is 4.28. The summed E-state index contributed by atoms with van der Waals surface area (Å²) in [5.41, 5.74) is 0.451. The van der Waals surface area contributed by atoms with Crippen LogP contribution < -0.4 is 5.32 Å². The molecule has 1 aromatic carbocycles. The molecule has 1 heterocycles. The van der Waals surface area contributed by atoms with Gasteiger partial charge in [-0.1, -0.05) is 18.2 Å². The number of nitrogens with one attached hydrogen (secondary N) is 1. The number of amides is 2. The van der Waals surface area contributed by atoms with Crippen molar-refractivity contribution in [2.75, 3.05) is 45.9 Å². The summed E-state index contributed by atoms with van der Waals surface area (Å²) >= 11 is 0. The van der Waals surface area contributed by atoms with Gasteiger partial charge in [0, 0.05) is 58.2 Å². The zero-order valence-corrected chi connectivity index (χ0v) is 14.7. The first kappa shape index (κ1) is 19.3. The lowest BCUT2D eigenvalue weighted by molar-refractivity contribution is -0.130. The molecule has 1 aromatic rings. The van der Waals surface area contributed by atoms with Crippen LogP contribution in [-0.4, -0.2) is 67.6 Å². The number of carbonyl (C=O) groups excluding carboxylic acids is 2. The monoisotopic (exact) mass is 351 g/mol. The Labute approximate surface area is 147 Å².